The predicted octanol–water partition coefficient (Wildman–Crippen LogP) is 8.01. The number of benzene rings is 2. The van der Waals surface area contributed by atoms with E-state index >= 15 is 0 Å². The Morgan fingerprint density at radius 1 is 1.09 bits per heavy atom. The molecule has 7 nitrogen and oxygen atoms in total. The number of alkyl halides is 3. The van der Waals surface area contributed by atoms with Gasteiger partial charge in [-0.1, -0.05) is 37.8 Å². The van der Waals surface area contributed by atoms with Crippen molar-refractivity contribution in [1.29, 1.82) is 0 Å². The summed E-state index contributed by atoms with van der Waals surface area (Å²) in [4.78, 5) is 3.41. The molecule has 1 atom stereocenters. The Morgan fingerprint density at radius 3 is 2.45 bits per heavy atom. The SMILES string of the molecule is C1CC1.C=C(C)OC(COC)CN1CCC(Nc2cccc3c2cc(C#CCNc2ccc(SC)cc2OC)n3CC(F)(F)F)CC1. The number of hydrogen-bond donors (Lipinski definition) is 2. The number of allylic oxidation sites excluding steroid dienone is 1. The van der Waals surface area contributed by atoms with E-state index in [1.165, 1.54) is 23.8 Å². The number of methoxy groups -OCH3 is 2. The van der Waals surface area contributed by atoms with Crippen LogP contribution < -0.4 is 15.4 Å². The van der Waals surface area contributed by atoms with Gasteiger partial charge in [-0.15, -0.1) is 11.8 Å². The van der Waals surface area contributed by atoms with E-state index in [-0.39, 0.29) is 18.7 Å². The number of nitrogens with one attached hydrogen (secondary N) is 2. The van der Waals surface area contributed by atoms with Crippen LogP contribution in [-0.4, -0.2) is 81.1 Å². The topological polar surface area (TPSA) is 59.9 Å². The van der Waals surface area contributed by atoms with Crippen molar-refractivity contribution in [3.05, 3.63) is 60.5 Å². The minimum absolute atomic E-state index is 0.0818. The molecule has 2 heterocycles. The maximum Gasteiger partial charge on any atom is 0.406 e. The van der Waals surface area contributed by atoms with Crippen LogP contribution in [0.3, 0.4) is 0 Å². The first-order valence-corrected chi connectivity index (χ1v) is 17.3. The fourth-order valence-corrected chi connectivity index (χ4v) is 5.87. The van der Waals surface area contributed by atoms with Gasteiger partial charge in [0.2, 0.25) is 0 Å². The number of halogens is 3. The summed E-state index contributed by atoms with van der Waals surface area (Å²) in [7, 11) is 3.25. The lowest BCUT2D eigenvalue weighted by atomic mass is 10.0. The van der Waals surface area contributed by atoms with Crippen LogP contribution in [0.1, 0.15) is 44.7 Å². The molecule has 1 saturated carbocycles. The van der Waals surface area contributed by atoms with E-state index in [2.05, 4.69) is 34.0 Å². The first-order valence-electron chi connectivity index (χ1n) is 16.0. The van der Waals surface area contributed by atoms with E-state index in [0.717, 1.165) is 54.1 Å². The maximum atomic E-state index is 13.7. The number of aromatic nitrogens is 1. The number of hydrogen-bond acceptors (Lipinski definition) is 7. The molecule has 11 heteroatoms. The van der Waals surface area contributed by atoms with Gasteiger partial charge in [-0.3, -0.25) is 4.90 Å². The molecule has 1 aromatic heterocycles. The second kappa shape index (κ2) is 17.6. The number of piperidine rings is 1. The molecule has 0 amide bonds. The van der Waals surface area contributed by atoms with Crippen molar-refractivity contribution in [1.82, 2.24) is 9.47 Å². The Labute approximate surface area is 281 Å². The van der Waals surface area contributed by atoms with E-state index in [9.17, 15) is 13.2 Å². The van der Waals surface area contributed by atoms with Crippen molar-refractivity contribution in [2.24, 2.45) is 0 Å². The highest BCUT2D eigenvalue weighted by molar-refractivity contribution is 7.98. The molecule has 2 aromatic carbocycles. The summed E-state index contributed by atoms with van der Waals surface area (Å²) in [6.07, 6.45) is 3.80. The summed E-state index contributed by atoms with van der Waals surface area (Å²) in [5.41, 5.74) is 2.39. The lowest BCUT2D eigenvalue weighted by Crippen LogP contribution is -2.44. The molecule has 2 aliphatic rings. The highest BCUT2D eigenvalue weighted by Crippen LogP contribution is 2.32. The second-order valence-electron chi connectivity index (χ2n) is 11.9. The minimum Gasteiger partial charge on any atom is -0.495 e. The molecule has 2 N–H and O–H groups in total. The number of nitrogens with zero attached hydrogens (tertiary/aromatic N) is 2. The molecule has 1 aliphatic carbocycles. The summed E-state index contributed by atoms with van der Waals surface area (Å²) in [5, 5.41) is 7.53. The lowest BCUT2D eigenvalue weighted by molar-refractivity contribution is -0.140. The van der Waals surface area contributed by atoms with Gasteiger partial charge in [-0.2, -0.15) is 13.2 Å². The molecular weight excluding hydrogens is 625 g/mol. The van der Waals surface area contributed by atoms with Gasteiger partial charge in [0.1, 0.15) is 18.4 Å². The van der Waals surface area contributed by atoms with Gasteiger partial charge >= 0.3 is 6.18 Å². The van der Waals surface area contributed by atoms with Gasteiger partial charge in [0.15, 0.2) is 0 Å². The zero-order valence-corrected chi connectivity index (χ0v) is 28.7. The third-order valence-corrected chi connectivity index (χ3v) is 8.48. The van der Waals surface area contributed by atoms with Crippen molar-refractivity contribution < 1.29 is 27.4 Å². The van der Waals surface area contributed by atoms with Crippen LogP contribution in [0, 0.1) is 11.8 Å². The molecule has 1 aliphatic heterocycles. The van der Waals surface area contributed by atoms with E-state index in [1.54, 1.807) is 44.2 Å². The van der Waals surface area contributed by atoms with Crippen molar-refractivity contribution >= 4 is 34.0 Å². The molecule has 0 bridgehead atoms. The summed E-state index contributed by atoms with van der Waals surface area (Å²) >= 11 is 1.61. The molecular formula is C36H47F3N4O3S. The number of ether oxygens (including phenoxy) is 3. The van der Waals surface area contributed by atoms with Crippen LogP contribution in [0.4, 0.5) is 24.5 Å². The van der Waals surface area contributed by atoms with E-state index < -0.39 is 12.7 Å². The van der Waals surface area contributed by atoms with Crippen LogP contribution in [0.5, 0.6) is 5.75 Å². The molecule has 2 fully saturated rings. The van der Waals surface area contributed by atoms with E-state index in [0.29, 0.717) is 29.3 Å². The minimum atomic E-state index is -4.39. The van der Waals surface area contributed by atoms with Crippen molar-refractivity contribution in [3.8, 4) is 17.6 Å². The molecule has 1 saturated heterocycles. The molecule has 47 heavy (non-hydrogen) atoms. The van der Waals surface area contributed by atoms with E-state index in [1.807, 2.05) is 37.4 Å². The summed E-state index contributed by atoms with van der Waals surface area (Å²) in [6, 6.07) is 13.2. The first kappa shape index (κ1) is 36.4. The fourth-order valence-electron chi connectivity index (χ4n) is 5.44. The van der Waals surface area contributed by atoms with Gasteiger partial charge in [-0.25, -0.2) is 0 Å². The number of rotatable bonds is 13. The van der Waals surface area contributed by atoms with Crippen LogP contribution >= 0.6 is 11.8 Å². The Hall–Kier alpha value is -3.46. The number of anilines is 2. The van der Waals surface area contributed by atoms with E-state index in [4.69, 9.17) is 14.2 Å². The molecule has 0 radical (unpaired) electrons. The largest absolute Gasteiger partial charge is 0.495 e. The zero-order chi connectivity index (χ0) is 33.8. The quantitative estimate of drug-likeness (QED) is 0.108. The van der Waals surface area contributed by atoms with Crippen LogP contribution in [0.15, 0.2) is 59.7 Å². The molecule has 3 aromatic rings. The maximum absolute atomic E-state index is 13.7. The Morgan fingerprint density at radius 2 is 1.83 bits per heavy atom. The molecule has 5 rings (SSSR count). The highest BCUT2D eigenvalue weighted by atomic mass is 32.2. The van der Waals surface area contributed by atoms with Crippen molar-refractivity contribution in [2.75, 3.05) is 63.9 Å². The van der Waals surface area contributed by atoms with Crippen LogP contribution in [-0.2, 0) is 16.0 Å². The van der Waals surface area contributed by atoms with Gasteiger partial charge in [-0.05, 0) is 68.3 Å². The number of fused-ring (bicyclic) bond motifs is 1. The monoisotopic (exact) mass is 672 g/mol. The molecule has 256 valence electrons. The predicted molar refractivity (Wildman–Crippen MR) is 187 cm³/mol. The van der Waals surface area contributed by atoms with Gasteiger partial charge in [0.05, 0.1) is 42.9 Å². The summed E-state index contributed by atoms with van der Waals surface area (Å²) in [6.45, 7) is 7.78. The van der Waals surface area contributed by atoms with Crippen LogP contribution in [0.2, 0.25) is 0 Å². The second-order valence-corrected chi connectivity index (χ2v) is 12.7. The molecule has 0 spiro atoms. The Bertz CT molecular complexity index is 1520. The Balaban J connectivity index is 0.00000157. The third kappa shape index (κ3) is 11.6. The van der Waals surface area contributed by atoms with Gasteiger partial charge in [0, 0.05) is 48.8 Å². The average molecular weight is 673 g/mol. The fraction of sp³-hybridized carbons (Fsp3) is 0.500. The van der Waals surface area contributed by atoms with Crippen molar-refractivity contribution in [3.63, 3.8) is 0 Å². The number of likely N-dealkylation sites (tertiary alicyclic amines) is 1. The highest BCUT2D eigenvalue weighted by Gasteiger charge is 2.30. The normalized spacial score (nSPS) is 15.6. The number of thioether (sulfide) groups is 1. The summed E-state index contributed by atoms with van der Waals surface area (Å²) in [5.74, 6) is 7.32. The molecule has 1 unspecified atom stereocenters. The summed E-state index contributed by atoms with van der Waals surface area (Å²) < 4.78 is 58.8. The zero-order valence-electron chi connectivity index (χ0n) is 27.8. The van der Waals surface area contributed by atoms with Gasteiger partial charge < -0.3 is 29.4 Å². The van der Waals surface area contributed by atoms with Gasteiger partial charge in [0.25, 0.3) is 0 Å². The average Bonchev–Trinajstić information content (AvgIpc) is 3.89. The van der Waals surface area contributed by atoms with Crippen LogP contribution in [0.25, 0.3) is 10.9 Å². The standard InChI is InChI=1S/C33H41F3N4O3S.C3H6/c1-23(2)43-26(21-41-3)20-39-16-13-24(14-17-39)38-29-9-6-10-31-28(29)18-25(40(31)22-33(34,35)36)8-7-15-37-30-12-11-27(44-5)19-32(30)42-4;1-2-3-1/h6,9-12,18-19,24,26,37-38H,1,13-17,20-22H2,2-5H3;1-3H2. The first-order chi connectivity index (χ1) is 22.6. The Kier molecular flexibility index (Phi) is 13.6. The van der Waals surface area contributed by atoms with Crippen molar-refractivity contribution in [2.45, 2.75) is 68.8 Å². The lowest BCUT2D eigenvalue weighted by Gasteiger charge is -2.35. The smallest absolute Gasteiger partial charge is 0.406 e. The third-order valence-electron chi connectivity index (χ3n) is 7.76.